The second-order valence-corrected chi connectivity index (χ2v) is 6.48. The third kappa shape index (κ3) is 2.33. The van der Waals surface area contributed by atoms with Crippen LogP contribution in [0.3, 0.4) is 0 Å². The van der Waals surface area contributed by atoms with Gasteiger partial charge in [-0.25, -0.2) is 9.37 Å². The van der Waals surface area contributed by atoms with Crippen molar-refractivity contribution in [2.45, 2.75) is 6.92 Å². The molecule has 1 aromatic carbocycles. The van der Waals surface area contributed by atoms with Crippen LogP contribution < -0.4 is 4.74 Å². The van der Waals surface area contributed by atoms with E-state index in [2.05, 4.69) is 20.2 Å². The van der Waals surface area contributed by atoms with E-state index < -0.39 is 0 Å². The molecule has 24 heavy (non-hydrogen) atoms. The average Bonchev–Trinajstić information content (AvgIpc) is 3.19. The third-order valence-electron chi connectivity index (χ3n) is 3.75. The van der Waals surface area contributed by atoms with Gasteiger partial charge in [0.2, 0.25) is 0 Å². The van der Waals surface area contributed by atoms with Crippen molar-refractivity contribution in [3.05, 3.63) is 47.5 Å². The van der Waals surface area contributed by atoms with Gasteiger partial charge in [-0.1, -0.05) is 6.07 Å². The number of hydrogen-bond donors (Lipinski definition) is 1. The van der Waals surface area contributed by atoms with Crippen LogP contribution in [0.1, 0.15) is 5.01 Å². The standard InChI is InChI=1S/C17H13FN4OS/c1-9-19-8-15(24-9)17-10-6-12(20-7-13(10)21-22-17)16-11(18)4-3-5-14(16)23-2/h3-8H,1-2H3,(H,21,22). The van der Waals surface area contributed by atoms with Gasteiger partial charge in [0.25, 0.3) is 0 Å². The first kappa shape index (κ1) is 14.8. The largest absolute Gasteiger partial charge is 0.496 e. The van der Waals surface area contributed by atoms with Crippen LogP contribution in [0.4, 0.5) is 4.39 Å². The zero-order valence-electron chi connectivity index (χ0n) is 13.0. The molecule has 3 heterocycles. The zero-order chi connectivity index (χ0) is 16.7. The Morgan fingerprint density at radius 3 is 2.83 bits per heavy atom. The molecule has 5 nitrogen and oxygen atoms in total. The molecule has 0 aliphatic carbocycles. The van der Waals surface area contributed by atoms with Crippen LogP contribution in [0, 0.1) is 12.7 Å². The van der Waals surface area contributed by atoms with Crippen LogP contribution in [0.5, 0.6) is 5.75 Å². The van der Waals surface area contributed by atoms with Gasteiger partial charge in [-0.2, -0.15) is 5.10 Å². The van der Waals surface area contributed by atoms with E-state index in [0.717, 1.165) is 26.5 Å². The van der Waals surface area contributed by atoms with Crippen LogP contribution in [0.15, 0.2) is 36.7 Å². The summed E-state index contributed by atoms with van der Waals surface area (Å²) < 4.78 is 19.6. The van der Waals surface area contributed by atoms with Crippen molar-refractivity contribution in [1.29, 1.82) is 0 Å². The Morgan fingerprint density at radius 1 is 1.21 bits per heavy atom. The molecule has 0 radical (unpaired) electrons. The summed E-state index contributed by atoms with van der Waals surface area (Å²) in [6, 6.07) is 6.55. The number of halogens is 1. The van der Waals surface area contributed by atoms with Crippen LogP contribution in [0.25, 0.3) is 32.7 Å². The maximum absolute atomic E-state index is 14.3. The summed E-state index contributed by atoms with van der Waals surface area (Å²) in [5.74, 6) is 0.0698. The Bertz CT molecular complexity index is 1040. The molecule has 1 N–H and O–H groups in total. The van der Waals surface area contributed by atoms with E-state index in [1.54, 1.807) is 35.9 Å². The Balaban J connectivity index is 1.93. The van der Waals surface area contributed by atoms with Crippen molar-refractivity contribution in [3.8, 4) is 27.6 Å². The number of aromatic nitrogens is 4. The van der Waals surface area contributed by atoms with E-state index in [0.29, 0.717) is 17.0 Å². The quantitative estimate of drug-likeness (QED) is 0.607. The fraction of sp³-hybridized carbons (Fsp3) is 0.118. The predicted octanol–water partition coefficient (Wildman–Crippen LogP) is 4.20. The average molecular weight is 340 g/mol. The monoisotopic (exact) mass is 340 g/mol. The number of thiazole rings is 1. The van der Waals surface area contributed by atoms with E-state index in [4.69, 9.17) is 4.74 Å². The van der Waals surface area contributed by atoms with Gasteiger partial charge in [0.15, 0.2) is 0 Å². The molecule has 0 saturated carbocycles. The molecule has 0 atom stereocenters. The molecule has 7 heteroatoms. The predicted molar refractivity (Wildman–Crippen MR) is 91.7 cm³/mol. The lowest BCUT2D eigenvalue weighted by molar-refractivity contribution is 0.413. The summed E-state index contributed by atoms with van der Waals surface area (Å²) in [6.45, 7) is 1.94. The first-order valence-corrected chi connectivity index (χ1v) is 8.09. The number of ether oxygens (including phenoxy) is 1. The number of nitrogens with one attached hydrogen (secondary N) is 1. The minimum absolute atomic E-state index is 0.342. The van der Waals surface area contributed by atoms with E-state index in [-0.39, 0.29) is 5.82 Å². The number of benzene rings is 1. The lowest BCUT2D eigenvalue weighted by Crippen LogP contribution is -1.93. The summed E-state index contributed by atoms with van der Waals surface area (Å²) in [5, 5.41) is 9.15. The van der Waals surface area contributed by atoms with Gasteiger partial charge < -0.3 is 4.74 Å². The molecule has 0 bridgehead atoms. The topological polar surface area (TPSA) is 63.7 Å². The number of aromatic amines is 1. The molecular weight excluding hydrogens is 327 g/mol. The van der Waals surface area contributed by atoms with Crippen molar-refractivity contribution in [3.63, 3.8) is 0 Å². The van der Waals surface area contributed by atoms with Crippen LogP contribution in [-0.4, -0.2) is 27.3 Å². The lowest BCUT2D eigenvalue weighted by atomic mass is 10.1. The van der Waals surface area contributed by atoms with E-state index >= 15 is 0 Å². The second kappa shape index (κ2) is 5.68. The van der Waals surface area contributed by atoms with Gasteiger partial charge in [-0.3, -0.25) is 10.1 Å². The molecule has 4 aromatic rings. The minimum atomic E-state index is -0.375. The number of hydrogen-bond acceptors (Lipinski definition) is 5. The molecule has 0 aliphatic heterocycles. The van der Waals surface area contributed by atoms with E-state index in [1.807, 2.05) is 13.0 Å². The molecule has 0 saturated heterocycles. The minimum Gasteiger partial charge on any atom is -0.496 e. The second-order valence-electron chi connectivity index (χ2n) is 5.25. The highest BCUT2D eigenvalue weighted by Crippen LogP contribution is 2.35. The van der Waals surface area contributed by atoms with Gasteiger partial charge >= 0.3 is 0 Å². The maximum atomic E-state index is 14.3. The Hall–Kier alpha value is -2.80. The van der Waals surface area contributed by atoms with Crippen molar-refractivity contribution in [2.75, 3.05) is 7.11 Å². The lowest BCUT2D eigenvalue weighted by Gasteiger charge is -2.09. The van der Waals surface area contributed by atoms with Crippen molar-refractivity contribution in [1.82, 2.24) is 20.2 Å². The van der Waals surface area contributed by atoms with Crippen LogP contribution in [-0.2, 0) is 0 Å². The Morgan fingerprint density at radius 2 is 2.08 bits per heavy atom. The number of H-pyrrole nitrogens is 1. The van der Waals surface area contributed by atoms with Gasteiger partial charge in [0.05, 0.1) is 40.0 Å². The maximum Gasteiger partial charge on any atom is 0.136 e. The molecular formula is C17H13FN4OS. The number of aryl methyl sites for hydroxylation is 1. The van der Waals surface area contributed by atoms with Gasteiger partial charge in [-0.15, -0.1) is 11.3 Å². The Kier molecular flexibility index (Phi) is 3.50. The summed E-state index contributed by atoms with van der Waals surface area (Å²) >= 11 is 1.56. The van der Waals surface area contributed by atoms with Crippen LogP contribution in [0.2, 0.25) is 0 Å². The molecule has 0 spiro atoms. The third-order valence-corrected chi connectivity index (χ3v) is 4.67. The number of pyridine rings is 1. The smallest absolute Gasteiger partial charge is 0.136 e. The van der Waals surface area contributed by atoms with E-state index in [9.17, 15) is 4.39 Å². The number of rotatable bonds is 3. The number of nitrogens with zero attached hydrogens (tertiary/aromatic N) is 3. The molecule has 0 aliphatic rings. The van der Waals surface area contributed by atoms with Crippen LogP contribution >= 0.6 is 11.3 Å². The molecule has 3 aromatic heterocycles. The zero-order valence-corrected chi connectivity index (χ0v) is 13.8. The number of methoxy groups -OCH3 is 1. The van der Waals surface area contributed by atoms with Gasteiger partial charge in [0, 0.05) is 11.6 Å². The number of fused-ring (bicyclic) bond motifs is 1. The summed E-state index contributed by atoms with van der Waals surface area (Å²) in [5.41, 5.74) is 2.42. The summed E-state index contributed by atoms with van der Waals surface area (Å²) in [7, 11) is 1.51. The van der Waals surface area contributed by atoms with Crippen molar-refractivity contribution >= 4 is 22.2 Å². The highest BCUT2D eigenvalue weighted by atomic mass is 32.1. The first-order chi connectivity index (χ1) is 11.7. The molecule has 120 valence electrons. The summed E-state index contributed by atoms with van der Waals surface area (Å²) in [6.07, 6.45) is 3.44. The van der Waals surface area contributed by atoms with Gasteiger partial charge in [0.1, 0.15) is 17.3 Å². The SMILES string of the molecule is COc1cccc(F)c1-c1cc2c(-c3cnc(C)s3)n[nH]c2cn1. The van der Waals surface area contributed by atoms with Crippen molar-refractivity contribution in [2.24, 2.45) is 0 Å². The molecule has 0 amide bonds. The fourth-order valence-corrected chi connectivity index (χ4v) is 3.42. The van der Waals surface area contributed by atoms with E-state index in [1.165, 1.54) is 13.2 Å². The molecule has 4 rings (SSSR count). The molecule has 0 unspecified atom stereocenters. The fourth-order valence-electron chi connectivity index (χ4n) is 2.64. The van der Waals surface area contributed by atoms with Gasteiger partial charge in [-0.05, 0) is 25.1 Å². The normalized spacial score (nSPS) is 11.1. The Labute approximate surface area is 141 Å². The van der Waals surface area contributed by atoms with Crippen molar-refractivity contribution < 1.29 is 9.13 Å². The summed E-state index contributed by atoms with van der Waals surface area (Å²) in [4.78, 5) is 9.58. The first-order valence-electron chi connectivity index (χ1n) is 7.27. The highest BCUT2D eigenvalue weighted by molar-refractivity contribution is 7.15. The molecule has 0 fully saturated rings. The highest BCUT2D eigenvalue weighted by Gasteiger charge is 2.16.